The van der Waals surface area contributed by atoms with E-state index >= 15 is 0 Å². The second-order valence-corrected chi connectivity index (χ2v) is 10.8. The quantitative estimate of drug-likeness (QED) is 0.819. The van der Waals surface area contributed by atoms with E-state index in [1.54, 1.807) is 0 Å². The van der Waals surface area contributed by atoms with Gasteiger partial charge in [0.15, 0.2) is 0 Å². The van der Waals surface area contributed by atoms with Gasteiger partial charge in [-0.25, -0.2) is 0 Å². The Kier molecular flexibility index (Phi) is 4.79. The molecule has 4 aliphatic carbocycles. The van der Waals surface area contributed by atoms with Crippen LogP contribution in [0.2, 0.25) is 0 Å². The van der Waals surface area contributed by atoms with Gasteiger partial charge in [-0.05, 0) is 96.1 Å². The standard InChI is InChI=1S/C24H34N2O2/c1-15-5-7-19(8-6-15)21(27)25-20(22(28)26-23(2,3)4)24-12-16-9-17(13-24)11-18(10-16)14-24/h5-8,16-18,20H,9-14H2,1-4H3,(H,25,27)(H,26,28). The van der Waals surface area contributed by atoms with E-state index < -0.39 is 6.04 Å². The van der Waals surface area contributed by atoms with Crippen LogP contribution >= 0.6 is 0 Å². The maximum absolute atomic E-state index is 13.4. The van der Waals surface area contributed by atoms with Crippen LogP contribution in [-0.2, 0) is 4.79 Å². The van der Waals surface area contributed by atoms with E-state index in [0.717, 1.165) is 42.6 Å². The topological polar surface area (TPSA) is 58.2 Å². The van der Waals surface area contributed by atoms with Gasteiger partial charge in [-0.2, -0.15) is 0 Å². The zero-order valence-electron chi connectivity index (χ0n) is 17.7. The minimum atomic E-state index is -0.450. The van der Waals surface area contributed by atoms with Crippen LogP contribution in [0.3, 0.4) is 0 Å². The molecule has 0 aromatic heterocycles. The molecule has 1 aromatic rings. The first-order valence-electron chi connectivity index (χ1n) is 10.8. The van der Waals surface area contributed by atoms with E-state index in [2.05, 4.69) is 10.6 Å². The Morgan fingerprint density at radius 3 is 1.93 bits per heavy atom. The van der Waals surface area contributed by atoms with E-state index in [4.69, 9.17) is 0 Å². The molecule has 0 heterocycles. The van der Waals surface area contributed by atoms with Gasteiger partial charge in [0.2, 0.25) is 5.91 Å². The first-order valence-corrected chi connectivity index (χ1v) is 10.8. The highest BCUT2D eigenvalue weighted by Gasteiger charge is 2.56. The number of amides is 2. The highest BCUT2D eigenvalue weighted by atomic mass is 16.2. The van der Waals surface area contributed by atoms with Gasteiger partial charge in [0.25, 0.3) is 5.91 Å². The minimum Gasteiger partial charge on any atom is -0.350 e. The highest BCUT2D eigenvalue weighted by molar-refractivity contribution is 5.98. The Balaban J connectivity index is 1.62. The molecule has 4 saturated carbocycles. The molecule has 4 fully saturated rings. The molecule has 2 amide bonds. The summed E-state index contributed by atoms with van der Waals surface area (Å²) < 4.78 is 0. The van der Waals surface area contributed by atoms with Crippen LogP contribution in [0.4, 0.5) is 0 Å². The molecule has 0 aliphatic heterocycles. The lowest BCUT2D eigenvalue weighted by molar-refractivity contribution is -0.136. The van der Waals surface area contributed by atoms with Crippen molar-refractivity contribution >= 4 is 11.8 Å². The Morgan fingerprint density at radius 1 is 0.964 bits per heavy atom. The second-order valence-electron chi connectivity index (χ2n) is 10.8. The monoisotopic (exact) mass is 382 g/mol. The van der Waals surface area contributed by atoms with Crippen molar-refractivity contribution in [3.05, 3.63) is 35.4 Å². The van der Waals surface area contributed by atoms with Gasteiger partial charge in [0.1, 0.15) is 6.04 Å². The molecular formula is C24H34N2O2. The van der Waals surface area contributed by atoms with Gasteiger partial charge in [-0.15, -0.1) is 0 Å². The second kappa shape index (κ2) is 6.89. The van der Waals surface area contributed by atoms with Crippen molar-refractivity contribution in [1.29, 1.82) is 0 Å². The number of carbonyl (C=O) groups is 2. The number of aryl methyl sites for hydroxylation is 1. The van der Waals surface area contributed by atoms with Crippen molar-refractivity contribution in [2.75, 3.05) is 0 Å². The van der Waals surface area contributed by atoms with Gasteiger partial charge < -0.3 is 10.6 Å². The van der Waals surface area contributed by atoms with E-state index in [-0.39, 0.29) is 22.8 Å². The Labute approximate surface area is 168 Å². The number of hydrogen-bond donors (Lipinski definition) is 2. The highest BCUT2D eigenvalue weighted by Crippen LogP contribution is 2.61. The summed E-state index contributed by atoms with van der Waals surface area (Å²) in [5, 5.41) is 6.34. The van der Waals surface area contributed by atoms with Crippen LogP contribution < -0.4 is 10.6 Å². The average Bonchev–Trinajstić information content (AvgIpc) is 2.57. The smallest absolute Gasteiger partial charge is 0.251 e. The molecule has 4 bridgehead atoms. The average molecular weight is 383 g/mol. The first kappa shape index (κ1) is 19.5. The molecule has 4 nitrogen and oxygen atoms in total. The van der Waals surface area contributed by atoms with Crippen molar-refractivity contribution in [3.63, 3.8) is 0 Å². The molecule has 1 unspecified atom stereocenters. The van der Waals surface area contributed by atoms with Crippen LogP contribution in [-0.4, -0.2) is 23.4 Å². The molecule has 152 valence electrons. The van der Waals surface area contributed by atoms with Gasteiger partial charge in [-0.3, -0.25) is 9.59 Å². The number of carbonyl (C=O) groups excluding carboxylic acids is 2. The summed E-state index contributed by atoms with van der Waals surface area (Å²) in [5.41, 5.74) is 1.36. The summed E-state index contributed by atoms with van der Waals surface area (Å²) in [6, 6.07) is 7.15. The lowest BCUT2D eigenvalue weighted by Gasteiger charge is -2.59. The third-order valence-electron chi connectivity index (χ3n) is 7.05. The molecule has 2 N–H and O–H groups in total. The largest absolute Gasteiger partial charge is 0.350 e. The van der Waals surface area contributed by atoms with Crippen molar-refractivity contribution in [2.24, 2.45) is 23.2 Å². The predicted octanol–water partition coefficient (Wildman–Crippen LogP) is 4.22. The third kappa shape index (κ3) is 3.83. The number of rotatable bonds is 4. The molecule has 5 rings (SSSR count). The molecule has 0 saturated heterocycles. The van der Waals surface area contributed by atoms with Crippen molar-refractivity contribution in [3.8, 4) is 0 Å². The van der Waals surface area contributed by atoms with Crippen molar-refractivity contribution in [1.82, 2.24) is 10.6 Å². The molecule has 4 aliphatic rings. The first-order chi connectivity index (χ1) is 13.1. The maximum atomic E-state index is 13.4. The normalized spacial score (nSPS) is 32.1. The minimum absolute atomic E-state index is 0.0186. The summed E-state index contributed by atoms with van der Waals surface area (Å²) in [5.74, 6) is 2.03. The molecule has 1 atom stereocenters. The van der Waals surface area contributed by atoms with Crippen molar-refractivity contribution in [2.45, 2.75) is 77.8 Å². The molecule has 0 radical (unpaired) electrons. The predicted molar refractivity (Wildman–Crippen MR) is 111 cm³/mol. The van der Waals surface area contributed by atoms with E-state index in [1.807, 2.05) is 52.0 Å². The summed E-state index contributed by atoms with van der Waals surface area (Å²) in [6.45, 7) is 8.02. The van der Waals surface area contributed by atoms with Crippen LogP contribution in [0.15, 0.2) is 24.3 Å². The molecular weight excluding hydrogens is 348 g/mol. The van der Waals surface area contributed by atoms with Gasteiger partial charge in [-0.1, -0.05) is 17.7 Å². The zero-order valence-corrected chi connectivity index (χ0v) is 17.7. The molecule has 28 heavy (non-hydrogen) atoms. The van der Waals surface area contributed by atoms with Crippen molar-refractivity contribution < 1.29 is 9.59 Å². The SMILES string of the molecule is Cc1ccc(C(=O)NC(C(=O)NC(C)(C)C)C23CC4CC(CC(C4)C2)C3)cc1. The van der Waals surface area contributed by atoms with Crippen LogP contribution in [0.5, 0.6) is 0 Å². The fourth-order valence-corrected chi connectivity index (χ4v) is 6.39. The van der Waals surface area contributed by atoms with E-state index in [0.29, 0.717) is 5.56 Å². The summed E-state index contributed by atoms with van der Waals surface area (Å²) in [6.07, 6.45) is 7.19. The lowest BCUT2D eigenvalue weighted by Crippen LogP contribution is -2.63. The van der Waals surface area contributed by atoms with Gasteiger partial charge in [0, 0.05) is 16.5 Å². The lowest BCUT2D eigenvalue weighted by atomic mass is 9.47. The van der Waals surface area contributed by atoms with Crippen LogP contribution in [0, 0.1) is 30.1 Å². The maximum Gasteiger partial charge on any atom is 0.251 e. The van der Waals surface area contributed by atoms with Gasteiger partial charge >= 0.3 is 0 Å². The van der Waals surface area contributed by atoms with Gasteiger partial charge in [0.05, 0.1) is 0 Å². The number of benzene rings is 1. The van der Waals surface area contributed by atoms with Crippen LogP contribution in [0.1, 0.15) is 75.2 Å². The summed E-state index contributed by atoms with van der Waals surface area (Å²) in [7, 11) is 0. The third-order valence-corrected chi connectivity index (χ3v) is 7.05. The summed E-state index contributed by atoms with van der Waals surface area (Å²) in [4.78, 5) is 26.4. The van der Waals surface area contributed by atoms with E-state index in [9.17, 15) is 9.59 Å². The molecule has 0 spiro atoms. The fourth-order valence-electron chi connectivity index (χ4n) is 6.39. The summed E-state index contributed by atoms with van der Waals surface area (Å²) >= 11 is 0. The Bertz CT molecular complexity index is 725. The molecule has 1 aromatic carbocycles. The molecule has 4 heteroatoms. The van der Waals surface area contributed by atoms with Crippen LogP contribution in [0.25, 0.3) is 0 Å². The fraction of sp³-hybridized carbons (Fsp3) is 0.667. The Morgan fingerprint density at radius 2 is 1.46 bits per heavy atom. The number of hydrogen-bond acceptors (Lipinski definition) is 2. The zero-order chi connectivity index (χ0) is 20.1. The Hall–Kier alpha value is -1.84. The van der Waals surface area contributed by atoms with E-state index in [1.165, 1.54) is 19.3 Å². The number of nitrogens with one attached hydrogen (secondary N) is 2.